The molecular weight excluding hydrogens is 590 g/mol. The number of benzene rings is 1. The lowest BCUT2D eigenvalue weighted by molar-refractivity contribution is -0.0550. The van der Waals surface area contributed by atoms with Crippen LogP contribution in [-0.4, -0.2) is 76.4 Å². The maximum Gasteiger partial charge on any atom is 0.196 e. The van der Waals surface area contributed by atoms with Gasteiger partial charge < -0.3 is 30.1 Å². The number of nitrogens with one attached hydrogen (secondary N) is 2. The van der Waals surface area contributed by atoms with Crippen molar-refractivity contribution in [2.75, 3.05) is 26.3 Å². The number of nitrogens with zero attached hydrogens (tertiary/aromatic N) is 1. The molecule has 0 radical (unpaired) electrons. The third-order valence-corrected chi connectivity index (χ3v) is 10.7. The van der Waals surface area contributed by atoms with E-state index in [0.29, 0.717) is 30.7 Å². The fourth-order valence-electron chi connectivity index (χ4n) is 7.91. The molecule has 2 fully saturated rings. The Bertz CT molecular complexity index is 1220. The van der Waals surface area contributed by atoms with E-state index in [9.17, 15) is 15.3 Å². The van der Waals surface area contributed by atoms with Crippen LogP contribution in [0.5, 0.6) is 11.5 Å². The molecule has 8 nitrogen and oxygen atoms in total. The van der Waals surface area contributed by atoms with Crippen LogP contribution >= 0.6 is 0 Å². The second kappa shape index (κ2) is 17.3. The summed E-state index contributed by atoms with van der Waals surface area (Å²) < 4.78 is 11.3. The second-order valence-electron chi connectivity index (χ2n) is 14.7. The first-order valence-corrected chi connectivity index (χ1v) is 18.4. The number of allylic oxidation sites excluding steroid dienone is 1. The highest BCUT2D eigenvalue weighted by Crippen LogP contribution is 2.39. The van der Waals surface area contributed by atoms with Crippen molar-refractivity contribution in [3.8, 4) is 11.5 Å². The van der Waals surface area contributed by atoms with Crippen LogP contribution < -0.4 is 15.4 Å². The molecule has 0 bridgehead atoms. The highest BCUT2D eigenvalue weighted by Gasteiger charge is 2.41. The molecule has 4 atom stereocenters. The summed E-state index contributed by atoms with van der Waals surface area (Å²) in [5, 5.41) is 37.9. The highest BCUT2D eigenvalue weighted by molar-refractivity contribution is 5.83. The van der Waals surface area contributed by atoms with Crippen molar-refractivity contribution < 1.29 is 24.8 Å². The van der Waals surface area contributed by atoms with Gasteiger partial charge in [-0.3, -0.25) is 5.32 Å². The molecule has 1 unspecified atom stereocenters. The summed E-state index contributed by atoms with van der Waals surface area (Å²) in [5.41, 5.74) is 3.12. The van der Waals surface area contributed by atoms with E-state index in [-0.39, 0.29) is 36.1 Å². The van der Waals surface area contributed by atoms with Crippen molar-refractivity contribution in [1.29, 1.82) is 0 Å². The molecular formula is C39H60N3O5+. The molecule has 2 heterocycles. The van der Waals surface area contributed by atoms with E-state index >= 15 is 0 Å². The van der Waals surface area contributed by atoms with Crippen LogP contribution in [0, 0.1) is 23.9 Å². The lowest BCUT2D eigenvalue weighted by atomic mass is 9.80. The number of aliphatic hydroxyl groups is 4. The van der Waals surface area contributed by atoms with E-state index in [4.69, 9.17) is 14.5 Å². The van der Waals surface area contributed by atoms with Gasteiger partial charge in [-0.15, -0.1) is 16.6 Å². The van der Waals surface area contributed by atoms with Gasteiger partial charge in [0.05, 0.1) is 18.1 Å². The molecule has 0 amide bonds. The van der Waals surface area contributed by atoms with Crippen LogP contribution in [0.25, 0.3) is 0 Å². The minimum absolute atomic E-state index is 0.0264. The molecule has 4 aliphatic rings. The maximum atomic E-state index is 10.8. The van der Waals surface area contributed by atoms with Crippen LogP contribution in [-0.2, 0) is 6.42 Å². The van der Waals surface area contributed by atoms with Crippen LogP contribution in [0.4, 0.5) is 0 Å². The maximum absolute atomic E-state index is 10.8. The number of aliphatic hydroxyl groups excluding tert-OH is 2. The van der Waals surface area contributed by atoms with Crippen molar-refractivity contribution in [3.05, 3.63) is 59.2 Å². The number of aromatic hydroxyl groups is 1. The van der Waals surface area contributed by atoms with Crippen LogP contribution in [0.3, 0.4) is 0 Å². The standard InChI is InChI=1S/C39H59N3O5/c1-4-5-12-37-31(25-43)20-32(47-37)15-13-28-14-16-36(45)38(19-28)46-26-35(42-39(3)17-8-9-18-39)34-21-30(23-41-34)33(24-40-22-27(2)44)29-10-6-7-11-29/h14,16,19-21,23,27,29,33,35,37,40,42-44,47H,4-13,15,17-18,22,24-26H2,1-3H3/p+1/t27-,33+,35-,37?/m0/s1. The number of aryl methyl sites for hydroxylation is 1. The number of aliphatic imine (C=N–C) groups is 1. The molecule has 2 aliphatic carbocycles. The quantitative estimate of drug-likeness (QED) is 0.0945. The molecule has 8 heteroatoms. The molecule has 0 spiro atoms. The molecule has 0 aromatic heterocycles. The fourth-order valence-corrected chi connectivity index (χ4v) is 7.91. The Labute approximate surface area is 283 Å². The molecule has 2 aliphatic heterocycles. The summed E-state index contributed by atoms with van der Waals surface area (Å²) in [7, 11) is 0. The van der Waals surface area contributed by atoms with Crippen molar-refractivity contribution in [3.63, 3.8) is 0 Å². The predicted octanol–water partition coefficient (Wildman–Crippen LogP) is 5.87. The van der Waals surface area contributed by atoms with Gasteiger partial charge in [0.25, 0.3) is 0 Å². The summed E-state index contributed by atoms with van der Waals surface area (Å²) in [6, 6.07) is 5.53. The fraction of sp³-hybridized carbons (Fsp3) is 0.667. The molecule has 6 N–H and O–H groups in total. The van der Waals surface area contributed by atoms with E-state index in [0.717, 1.165) is 74.4 Å². The Morgan fingerprint density at radius 1 is 1.17 bits per heavy atom. The van der Waals surface area contributed by atoms with E-state index in [1.807, 2.05) is 19.1 Å². The van der Waals surface area contributed by atoms with Gasteiger partial charge >= 0.3 is 0 Å². The first-order valence-electron chi connectivity index (χ1n) is 18.4. The molecule has 1 aromatic carbocycles. The smallest absolute Gasteiger partial charge is 0.196 e. The van der Waals surface area contributed by atoms with Crippen LogP contribution in [0.1, 0.15) is 103 Å². The van der Waals surface area contributed by atoms with Gasteiger partial charge in [0, 0.05) is 31.7 Å². The molecule has 2 saturated carbocycles. The Kier molecular flexibility index (Phi) is 13.1. The lowest BCUT2D eigenvalue weighted by Crippen LogP contribution is -2.49. The Morgan fingerprint density at radius 2 is 1.96 bits per heavy atom. The molecule has 47 heavy (non-hydrogen) atoms. The predicted molar refractivity (Wildman–Crippen MR) is 189 cm³/mol. The molecule has 5 rings (SSSR count). The summed E-state index contributed by atoms with van der Waals surface area (Å²) >= 11 is 0. The highest BCUT2D eigenvalue weighted by atomic mass is 16.5. The van der Waals surface area contributed by atoms with E-state index in [2.05, 4.69) is 42.8 Å². The summed E-state index contributed by atoms with van der Waals surface area (Å²) in [4.78, 5) is 4.97. The first kappa shape index (κ1) is 35.8. The van der Waals surface area contributed by atoms with Crippen molar-refractivity contribution in [2.24, 2.45) is 16.8 Å². The third kappa shape index (κ3) is 10.0. The lowest BCUT2D eigenvalue weighted by Gasteiger charge is -2.29. The number of rotatable bonds is 19. The summed E-state index contributed by atoms with van der Waals surface area (Å²) in [6.45, 7) is 8.19. The monoisotopic (exact) mass is 650 g/mol. The molecule has 260 valence electrons. The van der Waals surface area contributed by atoms with Crippen LogP contribution in [0.2, 0.25) is 0 Å². The van der Waals surface area contributed by atoms with Gasteiger partial charge in [0.15, 0.2) is 23.2 Å². The molecule has 0 saturated heterocycles. The van der Waals surface area contributed by atoms with E-state index < -0.39 is 0 Å². The third-order valence-electron chi connectivity index (χ3n) is 10.7. The van der Waals surface area contributed by atoms with Crippen LogP contribution in [0.15, 0.2) is 46.6 Å². The van der Waals surface area contributed by atoms with Gasteiger partial charge in [0.2, 0.25) is 0 Å². The number of hydrogen-bond donors (Lipinski definition) is 5. The Morgan fingerprint density at radius 3 is 2.68 bits per heavy atom. The Hall–Kier alpha value is -2.49. The Balaban J connectivity index is 1.25. The number of phenols is 1. The number of ether oxygens (including phenoxy) is 2. The van der Waals surface area contributed by atoms with Gasteiger partial charge in [-0.1, -0.05) is 45.1 Å². The second-order valence-corrected chi connectivity index (χ2v) is 14.7. The van der Waals surface area contributed by atoms with Gasteiger partial charge in [0.1, 0.15) is 30.9 Å². The van der Waals surface area contributed by atoms with Gasteiger partial charge in [-0.25, -0.2) is 0 Å². The SMILES string of the molecule is CCCCC1[OH+][C-](CCc2ccc(O)c(OC[C@H](NC3(C)CCCC3)C3=C[C+]([C@H](CNC[C@H](C)O)C4CCCC4)C=N3)c2)C=C1CO. The summed E-state index contributed by atoms with van der Waals surface area (Å²) in [5.74, 6) is 2.90. The van der Waals surface area contributed by atoms with E-state index in [1.165, 1.54) is 44.4 Å². The topological polar surface area (TPSA) is 119 Å². The van der Waals surface area contributed by atoms with Crippen molar-refractivity contribution >= 4 is 6.21 Å². The van der Waals surface area contributed by atoms with E-state index in [1.54, 1.807) is 6.07 Å². The first-order chi connectivity index (χ1) is 22.8. The zero-order valence-corrected chi connectivity index (χ0v) is 29.0. The number of phenolic OH excluding ortho intramolecular Hbond substituents is 1. The zero-order chi connectivity index (χ0) is 33.2. The normalized spacial score (nSPS) is 23.0. The number of hydrogen-bond acceptors (Lipinski definition) is 7. The summed E-state index contributed by atoms with van der Waals surface area (Å²) in [6.07, 6.45) is 21.7. The molecule has 1 aromatic rings. The zero-order valence-electron chi connectivity index (χ0n) is 29.0. The largest absolute Gasteiger partial charge is 0.504 e. The minimum atomic E-state index is -0.365. The average Bonchev–Trinajstić information content (AvgIpc) is 3.88. The average molecular weight is 651 g/mol. The minimum Gasteiger partial charge on any atom is -0.504 e. The van der Waals surface area contributed by atoms with Gasteiger partial charge in [-0.05, 0) is 82.4 Å². The van der Waals surface area contributed by atoms with Crippen molar-refractivity contribution in [1.82, 2.24) is 10.6 Å². The van der Waals surface area contributed by atoms with Crippen molar-refractivity contribution in [2.45, 2.75) is 128 Å². The van der Waals surface area contributed by atoms with Gasteiger partial charge in [-0.2, -0.15) is 0 Å². The number of unbranched alkanes of at least 4 members (excludes halogenated alkanes) is 1.